The number of halogens is 1. The first kappa shape index (κ1) is 21.6. The predicted octanol–water partition coefficient (Wildman–Crippen LogP) is 4.96. The minimum Gasteiger partial charge on any atom is -0.315 e. The van der Waals surface area contributed by atoms with Crippen LogP contribution in [-0.2, 0) is 11.3 Å². The van der Waals surface area contributed by atoms with Crippen LogP contribution in [0.2, 0.25) is 0 Å². The predicted molar refractivity (Wildman–Crippen MR) is 124 cm³/mol. The van der Waals surface area contributed by atoms with Crippen molar-refractivity contribution < 1.29 is 4.79 Å². The fourth-order valence-corrected chi connectivity index (χ4v) is 4.42. The molecule has 3 rings (SSSR count). The molecule has 0 aliphatic carbocycles. The van der Waals surface area contributed by atoms with E-state index >= 15 is 0 Å². The molecule has 1 heterocycles. The van der Waals surface area contributed by atoms with Gasteiger partial charge in [0, 0.05) is 23.8 Å². The molecule has 0 bridgehead atoms. The third kappa shape index (κ3) is 4.90. The van der Waals surface area contributed by atoms with Gasteiger partial charge in [0.15, 0.2) is 5.16 Å². The average molecular weight is 474 g/mol. The molecule has 0 saturated carbocycles. The van der Waals surface area contributed by atoms with E-state index in [1.807, 2.05) is 49.4 Å². The first-order valence-corrected chi connectivity index (χ1v) is 11.1. The van der Waals surface area contributed by atoms with E-state index in [9.17, 15) is 9.59 Å². The van der Waals surface area contributed by atoms with E-state index in [1.165, 1.54) is 11.8 Å². The number of fused-ring (bicyclic) bond motifs is 1. The fraction of sp³-hybridized carbons (Fsp3) is 0.318. The Hall–Kier alpha value is -2.12. The van der Waals surface area contributed by atoms with Gasteiger partial charge in [0.2, 0.25) is 5.91 Å². The molecule has 0 radical (unpaired) electrons. The number of carbonyl (C=O) groups excluding carboxylic acids is 1. The number of carbonyl (C=O) groups is 1. The highest BCUT2D eigenvalue weighted by Crippen LogP contribution is 2.26. The number of aromatic nitrogens is 2. The standard InChI is InChI=1S/C22H24BrN3O2S/c1-14(2)13-26-21(28)18-12-16(23)10-11-19(18)24-22(26)29-15(3)20(27)25(4)17-8-6-5-7-9-17/h5-12,14-15H,13H2,1-4H3. The van der Waals surface area contributed by atoms with Gasteiger partial charge in [-0.15, -0.1) is 0 Å². The molecule has 0 aliphatic heterocycles. The van der Waals surface area contributed by atoms with Gasteiger partial charge in [-0.1, -0.05) is 59.7 Å². The van der Waals surface area contributed by atoms with Gasteiger partial charge in [-0.2, -0.15) is 0 Å². The third-order valence-electron chi connectivity index (χ3n) is 4.53. The zero-order chi connectivity index (χ0) is 21.1. The lowest BCUT2D eigenvalue weighted by molar-refractivity contribution is -0.117. The Balaban J connectivity index is 1.96. The molecule has 3 aromatic rings. The number of nitrogens with zero attached hydrogens (tertiary/aromatic N) is 3. The minimum atomic E-state index is -0.390. The fourth-order valence-electron chi connectivity index (χ4n) is 3.05. The van der Waals surface area contributed by atoms with E-state index in [1.54, 1.807) is 22.6 Å². The first-order valence-electron chi connectivity index (χ1n) is 9.47. The zero-order valence-electron chi connectivity index (χ0n) is 16.9. The van der Waals surface area contributed by atoms with E-state index in [-0.39, 0.29) is 17.4 Å². The number of thioether (sulfide) groups is 1. The Morgan fingerprint density at radius 1 is 1.17 bits per heavy atom. The van der Waals surface area contributed by atoms with Crippen LogP contribution in [0.25, 0.3) is 10.9 Å². The molecule has 152 valence electrons. The number of rotatable bonds is 6. The van der Waals surface area contributed by atoms with Crippen molar-refractivity contribution >= 4 is 50.2 Å². The molecule has 0 saturated heterocycles. The monoisotopic (exact) mass is 473 g/mol. The molecule has 29 heavy (non-hydrogen) atoms. The van der Waals surface area contributed by atoms with Crippen molar-refractivity contribution in [1.29, 1.82) is 0 Å². The Kier molecular flexibility index (Phi) is 6.80. The van der Waals surface area contributed by atoms with Crippen molar-refractivity contribution in [3.63, 3.8) is 0 Å². The van der Waals surface area contributed by atoms with Crippen molar-refractivity contribution in [2.75, 3.05) is 11.9 Å². The summed E-state index contributed by atoms with van der Waals surface area (Å²) in [5, 5.41) is 0.754. The second-order valence-corrected chi connectivity index (χ2v) is 9.58. The maximum atomic E-state index is 13.1. The molecule has 7 heteroatoms. The number of benzene rings is 2. The van der Waals surface area contributed by atoms with Crippen LogP contribution in [0.1, 0.15) is 20.8 Å². The molecule has 1 unspecified atom stereocenters. The molecular weight excluding hydrogens is 450 g/mol. The van der Waals surface area contributed by atoms with Crippen LogP contribution in [0, 0.1) is 5.92 Å². The molecular formula is C22H24BrN3O2S. The highest BCUT2D eigenvalue weighted by molar-refractivity contribution is 9.10. The Morgan fingerprint density at radius 3 is 2.52 bits per heavy atom. The van der Waals surface area contributed by atoms with Gasteiger partial charge >= 0.3 is 0 Å². The van der Waals surface area contributed by atoms with Gasteiger partial charge in [-0.25, -0.2) is 4.98 Å². The molecule has 1 atom stereocenters. The van der Waals surface area contributed by atoms with Gasteiger partial charge in [-0.3, -0.25) is 14.2 Å². The number of hydrogen-bond donors (Lipinski definition) is 0. The van der Waals surface area contributed by atoms with Crippen LogP contribution in [0.3, 0.4) is 0 Å². The number of hydrogen-bond acceptors (Lipinski definition) is 4. The van der Waals surface area contributed by atoms with Gasteiger partial charge in [0.05, 0.1) is 16.2 Å². The van der Waals surface area contributed by atoms with Crippen molar-refractivity contribution in [2.24, 2.45) is 5.92 Å². The Bertz CT molecular complexity index is 1080. The van der Waals surface area contributed by atoms with Crippen molar-refractivity contribution in [1.82, 2.24) is 9.55 Å². The summed E-state index contributed by atoms with van der Waals surface area (Å²) in [5.74, 6) is 0.235. The van der Waals surface area contributed by atoms with E-state index in [0.29, 0.717) is 22.6 Å². The lowest BCUT2D eigenvalue weighted by Gasteiger charge is -2.22. The first-order chi connectivity index (χ1) is 13.8. The van der Waals surface area contributed by atoms with Gasteiger partial charge < -0.3 is 4.90 Å². The van der Waals surface area contributed by atoms with Crippen LogP contribution in [0.15, 0.2) is 63.0 Å². The van der Waals surface area contributed by atoms with Crippen LogP contribution < -0.4 is 10.5 Å². The van der Waals surface area contributed by atoms with Crippen molar-refractivity contribution in [3.05, 3.63) is 63.4 Å². The normalized spacial score (nSPS) is 12.3. The quantitative estimate of drug-likeness (QED) is 0.375. The summed E-state index contributed by atoms with van der Waals surface area (Å²) in [6.45, 7) is 6.52. The molecule has 5 nitrogen and oxygen atoms in total. The number of amides is 1. The summed E-state index contributed by atoms with van der Waals surface area (Å²) in [5.41, 5.74) is 1.39. The largest absolute Gasteiger partial charge is 0.315 e. The molecule has 0 spiro atoms. The maximum absolute atomic E-state index is 13.1. The maximum Gasteiger partial charge on any atom is 0.262 e. The summed E-state index contributed by atoms with van der Waals surface area (Å²) in [7, 11) is 1.77. The van der Waals surface area contributed by atoms with Crippen LogP contribution in [0.5, 0.6) is 0 Å². The molecule has 0 N–H and O–H groups in total. The summed E-state index contributed by atoms with van der Waals surface area (Å²) in [6.07, 6.45) is 0. The number of anilines is 1. The number of para-hydroxylation sites is 1. The molecule has 2 aromatic carbocycles. The third-order valence-corrected chi connectivity index (χ3v) is 6.10. The SMILES string of the molecule is CC(C)Cn1c(SC(C)C(=O)N(C)c2ccccc2)nc2ccc(Br)cc2c1=O. The molecule has 1 aromatic heterocycles. The summed E-state index contributed by atoms with van der Waals surface area (Å²) < 4.78 is 2.53. The van der Waals surface area contributed by atoms with Crippen LogP contribution in [-0.4, -0.2) is 27.8 Å². The van der Waals surface area contributed by atoms with E-state index < -0.39 is 5.25 Å². The van der Waals surface area contributed by atoms with Crippen molar-refractivity contribution in [3.8, 4) is 0 Å². The highest BCUT2D eigenvalue weighted by Gasteiger charge is 2.23. The molecule has 0 fully saturated rings. The lowest BCUT2D eigenvalue weighted by atomic mass is 10.2. The topological polar surface area (TPSA) is 55.2 Å². The summed E-state index contributed by atoms with van der Waals surface area (Å²) in [6, 6.07) is 15.0. The highest BCUT2D eigenvalue weighted by atomic mass is 79.9. The zero-order valence-corrected chi connectivity index (χ0v) is 19.3. The summed E-state index contributed by atoms with van der Waals surface area (Å²) in [4.78, 5) is 32.5. The van der Waals surface area contributed by atoms with Gasteiger partial charge in [-0.05, 0) is 43.2 Å². The van der Waals surface area contributed by atoms with E-state index in [4.69, 9.17) is 4.98 Å². The smallest absolute Gasteiger partial charge is 0.262 e. The summed E-state index contributed by atoms with van der Waals surface area (Å²) >= 11 is 4.75. The van der Waals surface area contributed by atoms with Crippen LogP contribution in [0.4, 0.5) is 5.69 Å². The van der Waals surface area contributed by atoms with E-state index in [0.717, 1.165) is 10.2 Å². The Morgan fingerprint density at radius 2 is 1.86 bits per heavy atom. The van der Waals surface area contributed by atoms with Crippen LogP contribution >= 0.6 is 27.7 Å². The minimum absolute atomic E-state index is 0.0394. The van der Waals surface area contributed by atoms with Gasteiger partial charge in [0.1, 0.15) is 0 Å². The van der Waals surface area contributed by atoms with Crippen molar-refractivity contribution in [2.45, 2.75) is 37.7 Å². The molecule has 0 aliphatic rings. The lowest BCUT2D eigenvalue weighted by Crippen LogP contribution is -2.34. The second-order valence-electron chi connectivity index (χ2n) is 7.36. The second kappa shape index (κ2) is 9.13. The molecule has 1 amide bonds. The Labute approximate surface area is 183 Å². The van der Waals surface area contributed by atoms with E-state index in [2.05, 4.69) is 29.8 Å². The average Bonchev–Trinajstić information content (AvgIpc) is 2.70. The van der Waals surface area contributed by atoms with Gasteiger partial charge in [0.25, 0.3) is 5.56 Å².